The van der Waals surface area contributed by atoms with E-state index in [1.807, 2.05) is 12.1 Å². The molecule has 2 heterocycles. The second-order valence-electron chi connectivity index (χ2n) is 8.69. The fourth-order valence-electron chi connectivity index (χ4n) is 4.09. The lowest BCUT2D eigenvalue weighted by atomic mass is 9.92. The van der Waals surface area contributed by atoms with E-state index in [-0.39, 0.29) is 12.4 Å². The zero-order valence-corrected chi connectivity index (χ0v) is 18.5. The molecule has 4 rings (SSSR count). The number of hydrogen-bond acceptors (Lipinski definition) is 6. The van der Waals surface area contributed by atoms with Gasteiger partial charge >= 0.3 is 0 Å². The van der Waals surface area contributed by atoms with Gasteiger partial charge < -0.3 is 19.3 Å². The Labute approximate surface area is 189 Å². The van der Waals surface area contributed by atoms with Crippen molar-refractivity contribution in [2.75, 3.05) is 59.2 Å². The highest BCUT2D eigenvalue weighted by atomic mass is 19.1. The molecular weight excluding hydrogens is 411 g/mol. The van der Waals surface area contributed by atoms with E-state index in [0.29, 0.717) is 25.2 Å². The van der Waals surface area contributed by atoms with E-state index in [1.54, 1.807) is 12.1 Å². The largest absolute Gasteiger partial charge is 0.492 e. The summed E-state index contributed by atoms with van der Waals surface area (Å²) in [5, 5.41) is 10.8. The number of benzene rings is 2. The SMILES string of the molecule is OC1(COc2ccc(F)cc2)CCN(Cc2ccc(OCCN3CCOCC3)cc2)CC1. The van der Waals surface area contributed by atoms with Gasteiger partial charge in [0.15, 0.2) is 0 Å². The smallest absolute Gasteiger partial charge is 0.123 e. The van der Waals surface area contributed by atoms with Crippen molar-refractivity contribution in [2.45, 2.75) is 25.0 Å². The molecule has 0 saturated carbocycles. The lowest BCUT2D eigenvalue weighted by Crippen LogP contribution is -2.47. The van der Waals surface area contributed by atoms with Crippen LogP contribution in [0.4, 0.5) is 4.39 Å². The van der Waals surface area contributed by atoms with Crippen LogP contribution in [0.1, 0.15) is 18.4 Å². The maximum Gasteiger partial charge on any atom is 0.123 e. The molecule has 1 N–H and O–H groups in total. The monoisotopic (exact) mass is 444 g/mol. The molecule has 32 heavy (non-hydrogen) atoms. The number of piperidine rings is 1. The molecule has 2 aliphatic heterocycles. The molecule has 0 radical (unpaired) electrons. The molecule has 0 unspecified atom stereocenters. The molecule has 2 saturated heterocycles. The maximum atomic E-state index is 13.0. The third-order valence-corrected chi connectivity index (χ3v) is 6.22. The summed E-state index contributed by atoms with van der Waals surface area (Å²) in [6.45, 7) is 7.87. The molecule has 0 spiro atoms. The van der Waals surface area contributed by atoms with Gasteiger partial charge in [-0.1, -0.05) is 12.1 Å². The summed E-state index contributed by atoms with van der Waals surface area (Å²) >= 11 is 0. The first kappa shape index (κ1) is 23.0. The molecule has 0 aromatic heterocycles. The Bertz CT molecular complexity index is 817. The van der Waals surface area contributed by atoms with Crippen LogP contribution in [0.15, 0.2) is 48.5 Å². The van der Waals surface area contributed by atoms with Gasteiger partial charge in [-0.05, 0) is 54.8 Å². The van der Waals surface area contributed by atoms with E-state index in [0.717, 1.165) is 58.2 Å². The van der Waals surface area contributed by atoms with Crippen molar-refractivity contribution < 1.29 is 23.7 Å². The highest BCUT2D eigenvalue weighted by Gasteiger charge is 2.33. The zero-order valence-electron chi connectivity index (χ0n) is 18.5. The molecule has 2 fully saturated rings. The molecule has 6 nitrogen and oxygen atoms in total. The maximum absolute atomic E-state index is 13.0. The molecule has 2 aromatic carbocycles. The Kier molecular flexibility index (Phi) is 7.97. The summed E-state index contributed by atoms with van der Waals surface area (Å²) in [5.41, 5.74) is 0.391. The Hall–Kier alpha value is -2.19. The minimum Gasteiger partial charge on any atom is -0.492 e. The average Bonchev–Trinajstić information content (AvgIpc) is 2.82. The van der Waals surface area contributed by atoms with Gasteiger partial charge in [0.05, 0.1) is 13.2 Å². The van der Waals surface area contributed by atoms with E-state index < -0.39 is 5.60 Å². The van der Waals surface area contributed by atoms with Crippen molar-refractivity contribution in [2.24, 2.45) is 0 Å². The van der Waals surface area contributed by atoms with Gasteiger partial charge in [-0.3, -0.25) is 9.80 Å². The number of morpholine rings is 1. The number of likely N-dealkylation sites (tertiary alicyclic amines) is 1. The normalized spacial score (nSPS) is 19.6. The Morgan fingerprint density at radius 3 is 2.16 bits per heavy atom. The van der Waals surface area contributed by atoms with Crippen LogP contribution in [0.25, 0.3) is 0 Å². The Balaban J connectivity index is 1.16. The van der Waals surface area contributed by atoms with E-state index in [4.69, 9.17) is 14.2 Å². The fourth-order valence-corrected chi connectivity index (χ4v) is 4.09. The lowest BCUT2D eigenvalue weighted by Gasteiger charge is -2.38. The molecule has 7 heteroatoms. The molecule has 2 aliphatic rings. The van der Waals surface area contributed by atoms with Gasteiger partial charge in [-0.2, -0.15) is 0 Å². The second kappa shape index (κ2) is 11.1. The quantitative estimate of drug-likeness (QED) is 0.642. The van der Waals surface area contributed by atoms with Crippen molar-refractivity contribution >= 4 is 0 Å². The topological polar surface area (TPSA) is 54.4 Å². The van der Waals surface area contributed by atoms with E-state index in [2.05, 4.69) is 21.9 Å². The van der Waals surface area contributed by atoms with Crippen molar-refractivity contribution in [3.05, 3.63) is 59.9 Å². The fraction of sp³-hybridized carbons (Fsp3) is 0.520. The van der Waals surface area contributed by atoms with Gasteiger partial charge in [0.1, 0.15) is 36.1 Å². The number of halogens is 1. The van der Waals surface area contributed by atoms with Gasteiger partial charge in [-0.15, -0.1) is 0 Å². The zero-order chi connectivity index (χ0) is 22.2. The van der Waals surface area contributed by atoms with Crippen molar-refractivity contribution in [1.29, 1.82) is 0 Å². The first-order valence-electron chi connectivity index (χ1n) is 11.4. The van der Waals surface area contributed by atoms with Crippen LogP contribution in [-0.2, 0) is 11.3 Å². The average molecular weight is 445 g/mol. The molecule has 2 aromatic rings. The van der Waals surface area contributed by atoms with Crippen molar-refractivity contribution in [3.8, 4) is 11.5 Å². The van der Waals surface area contributed by atoms with Crippen LogP contribution in [0, 0.1) is 5.82 Å². The van der Waals surface area contributed by atoms with Crippen LogP contribution in [-0.4, -0.2) is 79.7 Å². The van der Waals surface area contributed by atoms with Gasteiger partial charge in [0.25, 0.3) is 0 Å². The van der Waals surface area contributed by atoms with Crippen LogP contribution >= 0.6 is 0 Å². The summed E-state index contributed by atoms with van der Waals surface area (Å²) in [4.78, 5) is 4.71. The minimum absolute atomic E-state index is 0.225. The van der Waals surface area contributed by atoms with Crippen molar-refractivity contribution in [3.63, 3.8) is 0 Å². The van der Waals surface area contributed by atoms with E-state index >= 15 is 0 Å². The molecule has 0 bridgehead atoms. The van der Waals surface area contributed by atoms with Crippen LogP contribution in [0.2, 0.25) is 0 Å². The van der Waals surface area contributed by atoms with E-state index in [9.17, 15) is 9.50 Å². The summed E-state index contributed by atoms with van der Waals surface area (Å²) in [6, 6.07) is 14.2. The Morgan fingerprint density at radius 1 is 0.844 bits per heavy atom. The van der Waals surface area contributed by atoms with Crippen LogP contribution in [0.3, 0.4) is 0 Å². The third kappa shape index (κ3) is 6.90. The number of rotatable bonds is 9. The summed E-state index contributed by atoms with van der Waals surface area (Å²) < 4.78 is 29.9. The summed E-state index contributed by atoms with van der Waals surface area (Å²) in [6.07, 6.45) is 1.30. The number of hydrogen-bond donors (Lipinski definition) is 1. The van der Waals surface area contributed by atoms with Crippen molar-refractivity contribution in [1.82, 2.24) is 9.80 Å². The molecular formula is C25H33FN2O4. The van der Waals surface area contributed by atoms with Gasteiger partial charge in [-0.25, -0.2) is 4.39 Å². The van der Waals surface area contributed by atoms with Gasteiger partial charge in [0, 0.05) is 39.3 Å². The summed E-state index contributed by atoms with van der Waals surface area (Å²) in [7, 11) is 0. The third-order valence-electron chi connectivity index (χ3n) is 6.22. The van der Waals surface area contributed by atoms with E-state index in [1.165, 1.54) is 17.7 Å². The molecule has 0 aliphatic carbocycles. The lowest BCUT2D eigenvalue weighted by molar-refractivity contribution is -0.0537. The molecule has 0 amide bonds. The number of nitrogens with zero attached hydrogens (tertiary/aromatic N) is 2. The first-order valence-corrected chi connectivity index (χ1v) is 11.4. The number of aliphatic hydroxyl groups is 1. The van der Waals surface area contributed by atoms with Gasteiger partial charge in [0.2, 0.25) is 0 Å². The first-order chi connectivity index (χ1) is 15.6. The molecule has 174 valence electrons. The van der Waals surface area contributed by atoms with Crippen LogP contribution in [0.5, 0.6) is 11.5 Å². The standard InChI is InChI=1S/C25H33FN2O4/c26-22-3-7-24(8-4-22)32-20-25(29)9-11-28(12-10-25)19-21-1-5-23(6-2-21)31-18-15-27-13-16-30-17-14-27/h1-8,29H,9-20H2. The minimum atomic E-state index is -0.844. The predicted molar refractivity (Wildman–Crippen MR) is 121 cm³/mol. The second-order valence-corrected chi connectivity index (χ2v) is 8.69. The highest BCUT2D eigenvalue weighted by molar-refractivity contribution is 5.27. The molecule has 0 atom stereocenters. The highest BCUT2D eigenvalue weighted by Crippen LogP contribution is 2.25. The Morgan fingerprint density at radius 2 is 1.47 bits per heavy atom. The predicted octanol–water partition coefficient (Wildman–Crippen LogP) is 2.94. The van der Waals surface area contributed by atoms with Crippen LogP contribution < -0.4 is 9.47 Å². The summed E-state index contributed by atoms with van der Waals surface area (Å²) in [5.74, 6) is 1.18. The number of ether oxygens (including phenoxy) is 3.